The number of alkyl halides is 5. The van der Waals surface area contributed by atoms with E-state index in [1.807, 2.05) is 0 Å². The normalized spacial score (nSPS) is 11.9. The molecule has 0 aromatic carbocycles. The van der Waals surface area contributed by atoms with E-state index in [2.05, 4.69) is 25.7 Å². The molecule has 15 heavy (non-hydrogen) atoms. The van der Waals surface area contributed by atoms with Gasteiger partial charge in [0.1, 0.15) is 0 Å². The standard InChI is InChI=1S/C7H3BrF5NO/c8-4-1-5(15-7(11,12)13)14-2-3(4)6(9)10/h1-2,6H. The fourth-order valence-electron chi connectivity index (χ4n) is 0.759. The summed E-state index contributed by atoms with van der Waals surface area (Å²) in [6.45, 7) is 0. The molecular formula is C7H3BrF5NO. The number of aromatic nitrogens is 1. The molecule has 0 fully saturated rings. The van der Waals surface area contributed by atoms with E-state index < -0.39 is 24.2 Å². The molecule has 1 aromatic rings. The zero-order chi connectivity index (χ0) is 11.6. The number of rotatable bonds is 2. The zero-order valence-corrected chi connectivity index (χ0v) is 8.44. The van der Waals surface area contributed by atoms with Crippen molar-refractivity contribution < 1.29 is 26.7 Å². The lowest BCUT2D eigenvalue weighted by Gasteiger charge is -2.09. The maximum Gasteiger partial charge on any atom is 0.574 e. The van der Waals surface area contributed by atoms with Crippen molar-refractivity contribution in [2.24, 2.45) is 0 Å². The summed E-state index contributed by atoms with van der Waals surface area (Å²) in [6.07, 6.45) is -7.08. The van der Waals surface area contributed by atoms with Crippen molar-refractivity contribution in [2.75, 3.05) is 0 Å². The van der Waals surface area contributed by atoms with Crippen molar-refractivity contribution in [2.45, 2.75) is 12.8 Å². The fourth-order valence-corrected chi connectivity index (χ4v) is 1.23. The van der Waals surface area contributed by atoms with Crippen molar-refractivity contribution in [1.29, 1.82) is 0 Å². The van der Waals surface area contributed by atoms with E-state index in [1.54, 1.807) is 0 Å². The zero-order valence-electron chi connectivity index (χ0n) is 6.86. The predicted octanol–water partition coefficient (Wildman–Crippen LogP) is 3.68. The van der Waals surface area contributed by atoms with Crippen LogP contribution in [0.25, 0.3) is 0 Å². The average Bonchev–Trinajstić information content (AvgIpc) is 1.99. The Bertz CT molecular complexity index is 354. The first-order valence-corrected chi connectivity index (χ1v) is 4.28. The molecule has 0 radical (unpaired) electrons. The topological polar surface area (TPSA) is 22.1 Å². The van der Waals surface area contributed by atoms with Gasteiger partial charge in [0.25, 0.3) is 6.43 Å². The molecule has 84 valence electrons. The molecule has 0 aliphatic carbocycles. The van der Waals surface area contributed by atoms with Crippen LogP contribution >= 0.6 is 15.9 Å². The number of pyridine rings is 1. The van der Waals surface area contributed by atoms with E-state index in [0.29, 0.717) is 6.20 Å². The van der Waals surface area contributed by atoms with Gasteiger partial charge in [-0.15, -0.1) is 13.2 Å². The monoisotopic (exact) mass is 291 g/mol. The molecule has 2 nitrogen and oxygen atoms in total. The van der Waals surface area contributed by atoms with Crippen LogP contribution in [0.2, 0.25) is 0 Å². The van der Waals surface area contributed by atoms with Crippen LogP contribution in [0.15, 0.2) is 16.7 Å². The molecule has 0 saturated heterocycles. The lowest BCUT2D eigenvalue weighted by atomic mass is 10.3. The highest BCUT2D eigenvalue weighted by Crippen LogP contribution is 2.30. The maximum absolute atomic E-state index is 12.2. The molecule has 0 aliphatic heterocycles. The van der Waals surface area contributed by atoms with Gasteiger partial charge < -0.3 is 4.74 Å². The van der Waals surface area contributed by atoms with Crippen molar-refractivity contribution >= 4 is 15.9 Å². The summed E-state index contributed by atoms with van der Waals surface area (Å²) < 4.78 is 62.7. The second-order valence-electron chi connectivity index (χ2n) is 2.39. The lowest BCUT2D eigenvalue weighted by Crippen LogP contribution is -2.18. The minimum Gasteiger partial charge on any atom is -0.388 e. The van der Waals surface area contributed by atoms with Gasteiger partial charge >= 0.3 is 6.36 Å². The van der Waals surface area contributed by atoms with Gasteiger partial charge in [-0.05, 0) is 0 Å². The molecule has 1 rings (SSSR count). The summed E-state index contributed by atoms with van der Waals surface area (Å²) in [7, 11) is 0. The van der Waals surface area contributed by atoms with Crippen LogP contribution in [0.1, 0.15) is 12.0 Å². The Hall–Kier alpha value is -0.920. The Balaban J connectivity index is 2.92. The van der Waals surface area contributed by atoms with Crippen molar-refractivity contribution in [3.63, 3.8) is 0 Å². The van der Waals surface area contributed by atoms with Gasteiger partial charge in [-0.1, -0.05) is 15.9 Å². The third-order valence-electron chi connectivity index (χ3n) is 1.31. The summed E-state index contributed by atoms with van der Waals surface area (Å²) in [5.74, 6) is -0.793. The van der Waals surface area contributed by atoms with E-state index in [9.17, 15) is 22.0 Å². The lowest BCUT2D eigenvalue weighted by molar-refractivity contribution is -0.276. The molecule has 1 aromatic heterocycles. The van der Waals surface area contributed by atoms with E-state index in [0.717, 1.165) is 6.07 Å². The fraction of sp³-hybridized carbons (Fsp3) is 0.286. The van der Waals surface area contributed by atoms with Crippen LogP contribution in [0.4, 0.5) is 22.0 Å². The molecule has 0 bridgehead atoms. The Labute approximate surface area is 89.2 Å². The van der Waals surface area contributed by atoms with Crippen LogP contribution in [0.5, 0.6) is 5.88 Å². The van der Waals surface area contributed by atoms with E-state index in [1.165, 1.54) is 0 Å². The first-order chi connectivity index (χ1) is 6.79. The maximum atomic E-state index is 12.2. The number of hydrogen-bond donors (Lipinski definition) is 0. The molecule has 0 N–H and O–H groups in total. The molecule has 0 atom stereocenters. The highest BCUT2D eigenvalue weighted by molar-refractivity contribution is 9.10. The Morgan fingerprint density at radius 1 is 1.33 bits per heavy atom. The Morgan fingerprint density at radius 2 is 1.93 bits per heavy atom. The van der Waals surface area contributed by atoms with Gasteiger partial charge in [-0.25, -0.2) is 13.8 Å². The van der Waals surface area contributed by atoms with Crippen LogP contribution in [0, 0.1) is 0 Å². The Morgan fingerprint density at radius 3 is 2.33 bits per heavy atom. The van der Waals surface area contributed by atoms with Crippen LogP contribution in [-0.4, -0.2) is 11.3 Å². The summed E-state index contributed by atoms with van der Waals surface area (Å²) in [5.41, 5.74) is -0.496. The molecule has 0 spiro atoms. The number of hydrogen-bond acceptors (Lipinski definition) is 2. The second kappa shape index (κ2) is 4.30. The van der Waals surface area contributed by atoms with Gasteiger partial charge in [-0.3, -0.25) is 0 Å². The summed E-state index contributed by atoms with van der Waals surface area (Å²) >= 11 is 2.69. The molecule has 0 aliphatic rings. The number of nitrogens with zero attached hydrogens (tertiary/aromatic N) is 1. The van der Waals surface area contributed by atoms with Gasteiger partial charge in [0, 0.05) is 16.7 Å². The van der Waals surface area contributed by atoms with E-state index >= 15 is 0 Å². The molecule has 0 saturated carbocycles. The summed E-state index contributed by atoms with van der Waals surface area (Å²) in [4.78, 5) is 3.09. The third-order valence-corrected chi connectivity index (χ3v) is 2.00. The van der Waals surface area contributed by atoms with Crippen molar-refractivity contribution in [3.8, 4) is 5.88 Å². The van der Waals surface area contributed by atoms with Crippen molar-refractivity contribution in [3.05, 3.63) is 22.3 Å². The molecule has 0 unspecified atom stereocenters. The average molecular weight is 292 g/mol. The SMILES string of the molecule is FC(F)c1cnc(OC(F)(F)F)cc1Br. The molecular weight excluding hydrogens is 289 g/mol. The van der Waals surface area contributed by atoms with Crippen molar-refractivity contribution in [1.82, 2.24) is 4.98 Å². The third kappa shape index (κ3) is 3.61. The van der Waals surface area contributed by atoms with E-state index in [-0.39, 0.29) is 4.47 Å². The smallest absolute Gasteiger partial charge is 0.388 e. The van der Waals surface area contributed by atoms with Crippen LogP contribution < -0.4 is 4.74 Å². The quantitative estimate of drug-likeness (QED) is 0.776. The predicted molar refractivity (Wildman–Crippen MR) is 43.6 cm³/mol. The van der Waals surface area contributed by atoms with Gasteiger partial charge in [0.05, 0.1) is 5.56 Å². The summed E-state index contributed by atoms with van der Waals surface area (Å²) in [6, 6.07) is 0.731. The summed E-state index contributed by atoms with van der Waals surface area (Å²) in [5, 5.41) is 0. The minimum atomic E-state index is -4.89. The first-order valence-electron chi connectivity index (χ1n) is 3.49. The Kier molecular flexibility index (Phi) is 3.48. The number of ether oxygens (including phenoxy) is 1. The molecule has 0 amide bonds. The van der Waals surface area contributed by atoms with Gasteiger partial charge in [0.2, 0.25) is 5.88 Å². The largest absolute Gasteiger partial charge is 0.574 e. The molecule has 1 heterocycles. The second-order valence-corrected chi connectivity index (χ2v) is 3.25. The number of halogens is 6. The van der Waals surface area contributed by atoms with Gasteiger partial charge in [-0.2, -0.15) is 0 Å². The highest BCUT2D eigenvalue weighted by Gasteiger charge is 2.32. The minimum absolute atomic E-state index is 0.188. The molecule has 8 heteroatoms. The first kappa shape index (κ1) is 12.2. The highest BCUT2D eigenvalue weighted by atomic mass is 79.9. The van der Waals surface area contributed by atoms with E-state index in [4.69, 9.17) is 0 Å². The van der Waals surface area contributed by atoms with Crippen LogP contribution in [-0.2, 0) is 0 Å². The van der Waals surface area contributed by atoms with Crippen LogP contribution in [0.3, 0.4) is 0 Å². The van der Waals surface area contributed by atoms with Gasteiger partial charge in [0.15, 0.2) is 0 Å².